The number of benzene rings is 1. The molecule has 1 aliphatic rings. The molecule has 2 aromatic heterocycles. The number of imidazole rings is 1. The van der Waals surface area contributed by atoms with Crippen LogP contribution in [0.1, 0.15) is 36.0 Å². The van der Waals surface area contributed by atoms with Gasteiger partial charge < -0.3 is 4.57 Å². The first-order valence-corrected chi connectivity index (χ1v) is 8.77. The summed E-state index contributed by atoms with van der Waals surface area (Å²) in [4.78, 5) is 7.30. The van der Waals surface area contributed by atoms with Gasteiger partial charge in [-0.05, 0) is 38.4 Å². The normalized spacial score (nSPS) is 18.8. The number of rotatable bonds is 3. The smallest absolute Gasteiger partial charge is 0.131 e. The van der Waals surface area contributed by atoms with Crippen molar-refractivity contribution in [2.45, 2.75) is 32.4 Å². The van der Waals surface area contributed by atoms with Crippen molar-refractivity contribution in [3.63, 3.8) is 0 Å². The van der Waals surface area contributed by atoms with Gasteiger partial charge in [0.25, 0.3) is 0 Å². The van der Waals surface area contributed by atoms with Gasteiger partial charge in [0.2, 0.25) is 0 Å². The van der Waals surface area contributed by atoms with E-state index in [9.17, 15) is 0 Å². The fourth-order valence-corrected chi connectivity index (χ4v) is 4.19. The highest BCUT2D eigenvalue weighted by molar-refractivity contribution is 6.30. The summed E-state index contributed by atoms with van der Waals surface area (Å²) < 4.78 is 3.97. The van der Waals surface area contributed by atoms with Crippen LogP contribution in [0.4, 0.5) is 0 Å². The Morgan fingerprint density at radius 3 is 2.75 bits per heavy atom. The Morgan fingerprint density at radius 2 is 2.04 bits per heavy atom. The molecule has 3 aromatic rings. The summed E-state index contributed by atoms with van der Waals surface area (Å²) in [6.07, 6.45) is 2.30. The van der Waals surface area contributed by atoms with E-state index in [2.05, 4.69) is 39.8 Å². The highest BCUT2D eigenvalue weighted by atomic mass is 35.5. The van der Waals surface area contributed by atoms with Gasteiger partial charge in [0.1, 0.15) is 11.0 Å². The second-order valence-corrected chi connectivity index (χ2v) is 6.98. The molecule has 24 heavy (non-hydrogen) atoms. The molecule has 126 valence electrons. The Morgan fingerprint density at radius 1 is 1.25 bits per heavy atom. The summed E-state index contributed by atoms with van der Waals surface area (Å²) in [7, 11) is 4.00. The molecule has 0 aliphatic carbocycles. The van der Waals surface area contributed by atoms with Gasteiger partial charge in [0.05, 0.1) is 23.3 Å². The number of aryl methyl sites for hydroxylation is 3. The van der Waals surface area contributed by atoms with E-state index in [1.165, 1.54) is 17.5 Å². The van der Waals surface area contributed by atoms with Crippen LogP contribution in [0, 0.1) is 6.92 Å². The summed E-state index contributed by atoms with van der Waals surface area (Å²) >= 11 is 6.51. The quantitative estimate of drug-likeness (QED) is 0.729. The summed E-state index contributed by atoms with van der Waals surface area (Å²) in [5, 5.41) is 5.24. The fraction of sp³-hybridized carbons (Fsp3) is 0.444. The second kappa shape index (κ2) is 5.90. The molecule has 0 radical (unpaired) electrons. The van der Waals surface area contributed by atoms with E-state index < -0.39 is 0 Å². The molecule has 1 aliphatic heterocycles. The molecule has 0 bridgehead atoms. The summed E-state index contributed by atoms with van der Waals surface area (Å²) in [6, 6.07) is 8.62. The van der Waals surface area contributed by atoms with Crippen LogP contribution < -0.4 is 0 Å². The first-order valence-electron chi connectivity index (χ1n) is 8.39. The molecular weight excluding hydrogens is 322 g/mol. The number of fused-ring (bicyclic) bond motifs is 1. The van der Waals surface area contributed by atoms with Crippen LogP contribution in [0.25, 0.3) is 11.0 Å². The molecule has 4 rings (SSSR count). The molecule has 1 fully saturated rings. The van der Waals surface area contributed by atoms with Gasteiger partial charge in [-0.15, -0.1) is 0 Å². The van der Waals surface area contributed by atoms with Crippen molar-refractivity contribution >= 4 is 22.6 Å². The van der Waals surface area contributed by atoms with Crippen LogP contribution in [0.2, 0.25) is 5.15 Å². The number of nitrogens with zero attached hydrogens (tertiary/aromatic N) is 5. The summed E-state index contributed by atoms with van der Waals surface area (Å²) in [6.45, 7) is 3.95. The van der Waals surface area contributed by atoms with Gasteiger partial charge in [-0.3, -0.25) is 9.58 Å². The van der Waals surface area contributed by atoms with Crippen molar-refractivity contribution in [1.82, 2.24) is 24.2 Å². The molecule has 0 saturated carbocycles. The van der Waals surface area contributed by atoms with E-state index in [0.717, 1.165) is 41.7 Å². The zero-order valence-electron chi connectivity index (χ0n) is 14.3. The highest BCUT2D eigenvalue weighted by Crippen LogP contribution is 2.38. The third-order valence-corrected chi connectivity index (χ3v) is 5.57. The molecule has 0 spiro atoms. The number of hydrogen-bond donors (Lipinski definition) is 0. The Bertz CT molecular complexity index is 894. The average Bonchev–Trinajstić information content (AvgIpc) is 3.20. The standard InChI is InChI=1S/C18H22ClN5/c1-12-17(18(19)23(3)21-12)15-9-6-10-24(15)11-16-20-13-7-4-5-8-14(13)22(16)2/h4-5,7-8,15H,6,9-11H2,1-3H3. The maximum atomic E-state index is 6.51. The van der Waals surface area contributed by atoms with Crippen LogP contribution in [-0.4, -0.2) is 30.8 Å². The SMILES string of the molecule is Cc1nn(C)c(Cl)c1C1CCCN1Cc1nc2ccccc2n1C. The lowest BCUT2D eigenvalue weighted by atomic mass is 10.1. The van der Waals surface area contributed by atoms with Crippen LogP contribution in [0.15, 0.2) is 24.3 Å². The summed E-state index contributed by atoms with van der Waals surface area (Å²) in [5.74, 6) is 1.10. The molecular formula is C18H22ClN5. The average molecular weight is 344 g/mol. The number of halogens is 1. The Labute approximate surface area is 146 Å². The molecule has 6 heteroatoms. The van der Waals surface area contributed by atoms with Crippen molar-refractivity contribution < 1.29 is 0 Å². The lowest BCUT2D eigenvalue weighted by Crippen LogP contribution is -2.25. The summed E-state index contributed by atoms with van der Waals surface area (Å²) in [5.41, 5.74) is 4.44. The maximum absolute atomic E-state index is 6.51. The largest absolute Gasteiger partial charge is 0.330 e. The molecule has 0 amide bonds. The van der Waals surface area contributed by atoms with Gasteiger partial charge in [0.15, 0.2) is 0 Å². The number of aromatic nitrogens is 4. The van der Waals surface area contributed by atoms with Crippen molar-refractivity contribution in [2.24, 2.45) is 14.1 Å². The zero-order valence-corrected chi connectivity index (χ0v) is 15.1. The Balaban J connectivity index is 1.66. The lowest BCUT2D eigenvalue weighted by molar-refractivity contribution is 0.239. The predicted octanol–water partition coefficient (Wildman–Crippen LogP) is 3.61. The molecule has 1 aromatic carbocycles. The molecule has 0 N–H and O–H groups in total. The minimum absolute atomic E-state index is 0.325. The Hall–Kier alpha value is -1.85. The van der Waals surface area contributed by atoms with Gasteiger partial charge in [-0.2, -0.15) is 5.10 Å². The van der Waals surface area contributed by atoms with Gasteiger partial charge in [0, 0.05) is 25.7 Å². The van der Waals surface area contributed by atoms with Crippen LogP contribution in [0.3, 0.4) is 0 Å². The van der Waals surface area contributed by atoms with Crippen molar-refractivity contribution in [3.05, 3.63) is 46.5 Å². The topological polar surface area (TPSA) is 38.9 Å². The third kappa shape index (κ3) is 2.43. The van der Waals surface area contributed by atoms with Crippen LogP contribution in [0.5, 0.6) is 0 Å². The highest BCUT2D eigenvalue weighted by Gasteiger charge is 2.31. The van der Waals surface area contributed by atoms with E-state index >= 15 is 0 Å². The maximum Gasteiger partial charge on any atom is 0.131 e. The molecule has 5 nitrogen and oxygen atoms in total. The van der Waals surface area contributed by atoms with E-state index in [-0.39, 0.29) is 0 Å². The first-order chi connectivity index (χ1) is 11.6. The monoisotopic (exact) mass is 343 g/mol. The number of likely N-dealkylation sites (tertiary alicyclic amines) is 1. The van der Waals surface area contributed by atoms with Gasteiger partial charge >= 0.3 is 0 Å². The van der Waals surface area contributed by atoms with Gasteiger partial charge in [-0.25, -0.2) is 4.98 Å². The number of para-hydroxylation sites is 2. The van der Waals surface area contributed by atoms with Crippen molar-refractivity contribution in [2.75, 3.05) is 6.54 Å². The van der Waals surface area contributed by atoms with Crippen LogP contribution in [-0.2, 0) is 20.6 Å². The van der Waals surface area contributed by atoms with E-state index in [4.69, 9.17) is 16.6 Å². The molecule has 1 saturated heterocycles. The first kappa shape index (κ1) is 15.7. The van der Waals surface area contributed by atoms with Gasteiger partial charge in [-0.1, -0.05) is 23.7 Å². The molecule has 1 atom stereocenters. The minimum Gasteiger partial charge on any atom is -0.330 e. The molecule has 3 heterocycles. The van der Waals surface area contributed by atoms with Crippen molar-refractivity contribution in [1.29, 1.82) is 0 Å². The number of hydrogen-bond acceptors (Lipinski definition) is 3. The zero-order chi connectivity index (χ0) is 16.8. The van der Waals surface area contributed by atoms with E-state index in [1.807, 2.05) is 20.0 Å². The molecule has 1 unspecified atom stereocenters. The minimum atomic E-state index is 0.325. The lowest BCUT2D eigenvalue weighted by Gasteiger charge is -2.24. The van der Waals surface area contributed by atoms with E-state index in [1.54, 1.807) is 4.68 Å². The predicted molar refractivity (Wildman–Crippen MR) is 96.1 cm³/mol. The third-order valence-electron chi connectivity index (χ3n) is 5.12. The van der Waals surface area contributed by atoms with Crippen LogP contribution >= 0.6 is 11.6 Å². The fourth-order valence-electron chi connectivity index (χ4n) is 3.89. The van der Waals surface area contributed by atoms with Crippen molar-refractivity contribution in [3.8, 4) is 0 Å². The Kier molecular flexibility index (Phi) is 3.85. The van der Waals surface area contributed by atoms with E-state index in [0.29, 0.717) is 6.04 Å². The second-order valence-electron chi connectivity index (χ2n) is 6.62.